The van der Waals surface area contributed by atoms with Crippen molar-refractivity contribution >= 4 is 12.0 Å². The van der Waals surface area contributed by atoms with Crippen molar-refractivity contribution < 1.29 is 4.79 Å². The molecule has 0 N–H and O–H groups in total. The van der Waals surface area contributed by atoms with Gasteiger partial charge in [0.1, 0.15) is 0 Å². The van der Waals surface area contributed by atoms with Crippen molar-refractivity contribution in [2.24, 2.45) is 14.1 Å². The fraction of sp³-hybridized carbons (Fsp3) is 0.353. The fourth-order valence-electron chi connectivity index (χ4n) is 3.09. The van der Waals surface area contributed by atoms with Gasteiger partial charge in [-0.3, -0.25) is 14.2 Å². The van der Waals surface area contributed by atoms with E-state index in [1.807, 2.05) is 25.3 Å². The molecule has 0 aromatic carbocycles. The maximum absolute atomic E-state index is 12.5. The zero-order chi connectivity index (χ0) is 17.4. The first-order chi connectivity index (χ1) is 11.4. The van der Waals surface area contributed by atoms with Gasteiger partial charge in [-0.15, -0.1) is 0 Å². The van der Waals surface area contributed by atoms with Crippen LogP contribution in [-0.4, -0.2) is 31.1 Å². The highest BCUT2D eigenvalue weighted by Gasteiger charge is 2.25. The molecule has 3 rings (SSSR count). The molecule has 126 valence electrons. The summed E-state index contributed by atoms with van der Waals surface area (Å²) in [5.41, 5.74) is 0.596. The lowest BCUT2D eigenvalue weighted by Crippen LogP contribution is -2.40. The number of aromatic nitrogens is 3. The summed E-state index contributed by atoms with van der Waals surface area (Å²) < 4.78 is 4.49. The predicted octanol–water partition coefficient (Wildman–Crippen LogP) is 0.502. The van der Waals surface area contributed by atoms with Crippen molar-refractivity contribution in [3.05, 3.63) is 62.7 Å². The van der Waals surface area contributed by atoms with Gasteiger partial charge in [0, 0.05) is 51.3 Å². The van der Waals surface area contributed by atoms with Crippen molar-refractivity contribution in [1.82, 2.24) is 18.6 Å². The second kappa shape index (κ2) is 5.99. The van der Waals surface area contributed by atoms with Crippen molar-refractivity contribution in [2.75, 3.05) is 6.54 Å². The Morgan fingerprint density at radius 3 is 2.75 bits per heavy atom. The predicted molar refractivity (Wildman–Crippen MR) is 90.5 cm³/mol. The summed E-state index contributed by atoms with van der Waals surface area (Å²) in [7, 11) is 2.99. The Bertz CT molecular complexity index is 932. The molecular weight excluding hydrogens is 308 g/mol. The molecule has 0 fully saturated rings. The SMILES string of the molecule is C[C@@H]1c2cccn2CCN1C(=O)/C=C\c1cn(C)c(=O)n(C)c1=O. The van der Waals surface area contributed by atoms with Crippen LogP contribution in [-0.2, 0) is 25.4 Å². The number of rotatable bonds is 2. The summed E-state index contributed by atoms with van der Waals surface area (Å²) in [6.07, 6.45) is 6.33. The van der Waals surface area contributed by atoms with E-state index in [0.717, 1.165) is 16.8 Å². The van der Waals surface area contributed by atoms with E-state index in [1.54, 1.807) is 11.9 Å². The lowest BCUT2D eigenvalue weighted by molar-refractivity contribution is -0.129. The molecule has 0 spiro atoms. The van der Waals surface area contributed by atoms with Crippen LogP contribution in [0.4, 0.5) is 0 Å². The maximum atomic E-state index is 12.5. The van der Waals surface area contributed by atoms with E-state index in [2.05, 4.69) is 4.57 Å². The minimum atomic E-state index is -0.414. The topological polar surface area (TPSA) is 69.2 Å². The summed E-state index contributed by atoms with van der Waals surface area (Å²) in [5.74, 6) is -0.147. The van der Waals surface area contributed by atoms with E-state index < -0.39 is 11.2 Å². The summed E-state index contributed by atoms with van der Waals surface area (Å²) in [6.45, 7) is 3.37. The van der Waals surface area contributed by atoms with E-state index in [1.165, 1.54) is 30.0 Å². The number of carbonyl (C=O) groups excluding carboxylic acids is 1. The molecule has 1 amide bonds. The number of aryl methyl sites for hydroxylation is 1. The average Bonchev–Trinajstić information content (AvgIpc) is 3.04. The number of hydrogen-bond acceptors (Lipinski definition) is 3. The van der Waals surface area contributed by atoms with E-state index in [4.69, 9.17) is 0 Å². The molecule has 0 aliphatic carbocycles. The molecular formula is C17H20N4O3. The lowest BCUT2D eigenvalue weighted by Gasteiger charge is -2.34. The summed E-state index contributed by atoms with van der Waals surface area (Å²) in [4.78, 5) is 38.1. The van der Waals surface area contributed by atoms with E-state index in [9.17, 15) is 14.4 Å². The molecule has 7 heteroatoms. The van der Waals surface area contributed by atoms with Crippen LogP contribution in [0, 0.1) is 0 Å². The first kappa shape index (κ1) is 16.0. The van der Waals surface area contributed by atoms with Gasteiger partial charge in [0.2, 0.25) is 5.91 Å². The first-order valence-electron chi connectivity index (χ1n) is 7.80. The van der Waals surface area contributed by atoms with Crippen LogP contribution in [0.2, 0.25) is 0 Å². The van der Waals surface area contributed by atoms with Gasteiger partial charge in [-0.1, -0.05) is 0 Å². The lowest BCUT2D eigenvalue weighted by atomic mass is 10.1. The van der Waals surface area contributed by atoms with Gasteiger partial charge in [0.15, 0.2) is 0 Å². The second-order valence-corrected chi connectivity index (χ2v) is 6.01. The molecule has 0 saturated heterocycles. The number of fused-ring (bicyclic) bond motifs is 1. The molecule has 1 aliphatic rings. The third-order valence-corrected chi connectivity index (χ3v) is 4.50. The van der Waals surface area contributed by atoms with Crippen LogP contribution < -0.4 is 11.2 Å². The number of amides is 1. The Morgan fingerprint density at radius 2 is 2.00 bits per heavy atom. The van der Waals surface area contributed by atoms with Gasteiger partial charge in [-0.05, 0) is 25.1 Å². The molecule has 0 bridgehead atoms. The molecule has 7 nitrogen and oxygen atoms in total. The third-order valence-electron chi connectivity index (χ3n) is 4.50. The van der Waals surface area contributed by atoms with Crippen molar-refractivity contribution in [1.29, 1.82) is 0 Å². The Balaban J connectivity index is 1.85. The second-order valence-electron chi connectivity index (χ2n) is 6.01. The third kappa shape index (κ3) is 2.62. The van der Waals surface area contributed by atoms with Crippen LogP contribution in [0.15, 0.2) is 40.2 Å². The Morgan fingerprint density at radius 1 is 1.25 bits per heavy atom. The summed E-state index contributed by atoms with van der Waals surface area (Å²) in [5, 5.41) is 0. The minimum absolute atomic E-state index is 0.0196. The quantitative estimate of drug-likeness (QED) is 0.754. The molecule has 0 radical (unpaired) electrons. The van der Waals surface area contributed by atoms with E-state index in [-0.39, 0.29) is 11.9 Å². The molecule has 0 unspecified atom stereocenters. The highest BCUT2D eigenvalue weighted by Crippen LogP contribution is 2.25. The first-order valence-corrected chi connectivity index (χ1v) is 7.80. The molecule has 2 aromatic heterocycles. The van der Waals surface area contributed by atoms with Crippen LogP contribution >= 0.6 is 0 Å². The molecule has 0 saturated carbocycles. The number of hydrogen-bond donors (Lipinski definition) is 0. The zero-order valence-corrected chi connectivity index (χ0v) is 14.0. The van der Waals surface area contributed by atoms with Crippen molar-refractivity contribution in [3.8, 4) is 0 Å². The van der Waals surface area contributed by atoms with Crippen LogP contribution in [0.3, 0.4) is 0 Å². The zero-order valence-electron chi connectivity index (χ0n) is 14.0. The summed E-state index contributed by atoms with van der Waals surface area (Å²) >= 11 is 0. The van der Waals surface area contributed by atoms with Gasteiger partial charge in [-0.2, -0.15) is 0 Å². The Kier molecular flexibility index (Phi) is 4.01. The summed E-state index contributed by atoms with van der Waals surface area (Å²) in [6, 6.07) is 3.97. The van der Waals surface area contributed by atoms with Crippen LogP contribution in [0.1, 0.15) is 24.2 Å². The normalized spacial score (nSPS) is 17.3. The Hall–Kier alpha value is -2.83. The van der Waals surface area contributed by atoms with E-state index in [0.29, 0.717) is 12.1 Å². The highest BCUT2D eigenvalue weighted by atomic mass is 16.2. The van der Waals surface area contributed by atoms with Gasteiger partial charge >= 0.3 is 5.69 Å². The van der Waals surface area contributed by atoms with E-state index >= 15 is 0 Å². The van der Waals surface area contributed by atoms with Gasteiger partial charge in [0.05, 0.1) is 11.6 Å². The maximum Gasteiger partial charge on any atom is 0.330 e. The molecule has 1 aliphatic heterocycles. The fourth-order valence-corrected chi connectivity index (χ4v) is 3.09. The highest BCUT2D eigenvalue weighted by molar-refractivity contribution is 5.92. The molecule has 24 heavy (non-hydrogen) atoms. The van der Waals surface area contributed by atoms with Crippen molar-refractivity contribution in [3.63, 3.8) is 0 Å². The van der Waals surface area contributed by atoms with Crippen LogP contribution in [0.5, 0.6) is 0 Å². The molecule has 3 heterocycles. The monoisotopic (exact) mass is 328 g/mol. The smallest absolute Gasteiger partial charge is 0.330 e. The Labute approximate surface area is 139 Å². The standard InChI is InChI=1S/C17H20N4O3/c1-12-14-5-4-8-20(14)9-10-21(12)15(22)7-6-13-11-18(2)17(24)19(3)16(13)23/h4-8,11-12H,9-10H2,1-3H3/b7-6-/t12-/m1/s1. The molecule has 1 atom stereocenters. The minimum Gasteiger partial charge on any atom is -0.348 e. The molecule has 2 aromatic rings. The van der Waals surface area contributed by atoms with Crippen molar-refractivity contribution in [2.45, 2.75) is 19.5 Å². The number of carbonyl (C=O) groups is 1. The largest absolute Gasteiger partial charge is 0.348 e. The number of nitrogens with zero attached hydrogens (tertiary/aromatic N) is 4. The average molecular weight is 328 g/mol. The van der Waals surface area contributed by atoms with Gasteiger partial charge in [-0.25, -0.2) is 4.79 Å². The van der Waals surface area contributed by atoms with Gasteiger partial charge in [0.25, 0.3) is 5.56 Å². The van der Waals surface area contributed by atoms with Crippen LogP contribution in [0.25, 0.3) is 6.08 Å². The van der Waals surface area contributed by atoms with Gasteiger partial charge < -0.3 is 14.0 Å².